The maximum Gasteiger partial charge on any atom is 0.407 e. The van der Waals surface area contributed by atoms with Crippen molar-refractivity contribution in [2.45, 2.75) is 32.6 Å². The number of nitrogens with zero attached hydrogens (tertiary/aromatic N) is 5. The van der Waals surface area contributed by atoms with Crippen LogP contribution in [0.15, 0.2) is 18.3 Å². The number of amides is 1. The van der Waals surface area contributed by atoms with Gasteiger partial charge in [-0.1, -0.05) is 0 Å². The summed E-state index contributed by atoms with van der Waals surface area (Å²) in [5.41, 5.74) is 3.15. The highest BCUT2D eigenvalue weighted by molar-refractivity contribution is 5.65. The van der Waals surface area contributed by atoms with E-state index in [1.54, 1.807) is 4.68 Å². The summed E-state index contributed by atoms with van der Waals surface area (Å²) in [6, 6.07) is 3.94. The van der Waals surface area contributed by atoms with Crippen molar-refractivity contribution < 1.29 is 9.90 Å². The molecule has 144 valence electrons. The van der Waals surface area contributed by atoms with Crippen LogP contribution in [0.3, 0.4) is 0 Å². The first-order valence-corrected chi connectivity index (χ1v) is 9.50. The number of rotatable bonds is 4. The number of carbonyl (C=O) groups is 1. The third-order valence-corrected chi connectivity index (χ3v) is 6.06. The molecule has 3 heterocycles. The Balaban J connectivity index is 1.26. The molecule has 4 rings (SSSR count). The molecule has 27 heavy (non-hydrogen) atoms. The number of aromatic nitrogens is 4. The highest BCUT2D eigenvalue weighted by Crippen LogP contribution is 2.52. The van der Waals surface area contributed by atoms with Crippen LogP contribution >= 0.6 is 0 Å². The number of anilines is 1. The van der Waals surface area contributed by atoms with Gasteiger partial charge >= 0.3 is 6.09 Å². The number of hydrogen-bond acceptors (Lipinski definition) is 5. The largest absolute Gasteiger partial charge is 0.465 e. The first-order chi connectivity index (χ1) is 12.9. The van der Waals surface area contributed by atoms with Crippen LogP contribution in [-0.2, 0) is 7.05 Å². The summed E-state index contributed by atoms with van der Waals surface area (Å²) in [6.45, 7) is 4.22. The fourth-order valence-electron chi connectivity index (χ4n) is 4.56. The van der Waals surface area contributed by atoms with Crippen molar-refractivity contribution in [1.82, 2.24) is 24.9 Å². The summed E-state index contributed by atoms with van der Waals surface area (Å²) in [7, 11) is 1.90. The third-order valence-electron chi connectivity index (χ3n) is 6.06. The van der Waals surface area contributed by atoms with Gasteiger partial charge in [-0.2, -0.15) is 5.10 Å². The molecule has 1 saturated carbocycles. The summed E-state index contributed by atoms with van der Waals surface area (Å²) >= 11 is 0. The van der Waals surface area contributed by atoms with E-state index in [1.807, 2.05) is 32.3 Å². The summed E-state index contributed by atoms with van der Waals surface area (Å²) in [5.74, 6) is 1.42. The Kier molecular flexibility index (Phi) is 4.49. The summed E-state index contributed by atoms with van der Waals surface area (Å²) < 4.78 is 1.78. The van der Waals surface area contributed by atoms with E-state index in [0.29, 0.717) is 24.4 Å². The van der Waals surface area contributed by atoms with Crippen molar-refractivity contribution in [1.29, 1.82) is 0 Å². The molecule has 1 saturated heterocycles. The van der Waals surface area contributed by atoms with E-state index >= 15 is 0 Å². The normalized spacial score (nSPS) is 19.1. The number of likely N-dealkylation sites (tertiary alicyclic amines) is 1. The van der Waals surface area contributed by atoms with E-state index in [0.717, 1.165) is 42.2 Å². The second-order valence-electron chi connectivity index (χ2n) is 8.03. The van der Waals surface area contributed by atoms with Gasteiger partial charge in [0.15, 0.2) is 0 Å². The SMILES string of the molecule is Cc1nn(C)cc1-c1ccc(NCC2CC3(CCN(C(=O)O)CC3)C2)nn1. The minimum atomic E-state index is -0.786. The van der Waals surface area contributed by atoms with Crippen molar-refractivity contribution in [3.63, 3.8) is 0 Å². The summed E-state index contributed by atoms with van der Waals surface area (Å²) in [4.78, 5) is 12.6. The standard InChI is InChI=1S/C19H26N6O2/c1-13-15(12-24(2)23-13)16-3-4-17(22-21-16)20-11-14-9-19(10-14)5-7-25(8-6-19)18(26)27/h3-4,12,14H,5-11H2,1-2H3,(H,20,22)(H,26,27). The lowest BCUT2D eigenvalue weighted by atomic mass is 9.57. The molecule has 0 aromatic carbocycles. The van der Waals surface area contributed by atoms with Gasteiger partial charge < -0.3 is 15.3 Å². The third kappa shape index (κ3) is 3.61. The molecule has 2 aromatic rings. The minimum absolute atomic E-state index is 0.367. The Labute approximate surface area is 158 Å². The highest BCUT2D eigenvalue weighted by Gasteiger charge is 2.46. The molecule has 2 fully saturated rings. The maximum atomic E-state index is 11.0. The summed E-state index contributed by atoms with van der Waals surface area (Å²) in [6.07, 6.45) is 5.51. The van der Waals surface area contributed by atoms with E-state index < -0.39 is 6.09 Å². The molecular weight excluding hydrogens is 344 g/mol. The zero-order chi connectivity index (χ0) is 19.0. The number of nitrogens with one attached hydrogen (secondary N) is 1. The molecule has 1 spiro atoms. The van der Waals surface area contributed by atoms with E-state index in [4.69, 9.17) is 5.11 Å². The number of carboxylic acid groups (broad SMARTS) is 1. The predicted octanol–water partition coefficient (Wildman–Crippen LogP) is 2.77. The lowest BCUT2D eigenvalue weighted by molar-refractivity contribution is -0.00372. The Bertz CT molecular complexity index is 815. The molecular formula is C19H26N6O2. The molecule has 0 bridgehead atoms. The van der Waals surface area contributed by atoms with Gasteiger partial charge in [0.1, 0.15) is 5.82 Å². The van der Waals surface area contributed by atoms with Gasteiger partial charge in [-0.3, -0.25) is 4.68 Å². The van der Waals surface area contributed by atoms with Crippen LogP contribution < -0.4 is 5.32 Å². The molecule has 1 aliphatic carbocycles. The van der Waals surface area contributed by atoms with Gasteiger partial charge in [-0.15, -0.1) is 10.2 Å². The van der Waals surface area contributed by atoms with E-state index in [1.165, 1.54) is 17.7 Å². The van der Waals surface area contributed by atoms with Crippen LogP contribution in [0.1, 0.15) is 31.4 Å². The van der Waals surface area contributed by atoms with E-state index in [9.17, 15) is 4.79 Å². The number of hydrogen-bond donors (Lipinski definition) is 2. The van der Waals surface area contributed by atoms with Crippen LogP contribution in [0.4, 0.5) is 10.6 Å². The van der Waals surface area contributed by atoms with Gasteiger partial charge in [0, 0.05) is 38.4 Å². The molecule has 2 aliphatic rings. The average Bonchev–Trinajstić information content (AvgIpc) is 2.97. The molecule has 8 nitrogen and oxygen atoms in total. The van der Waals surface area contributed by atoms with Crippen molar-refractivity contribution in [3.05, 3.63) is 24.0 Å². The predicted molar refractivity (Wildman–Crippen MR) is 101 cm³/mol. The van der Waals surface area contributed by atoms with Crippen molar-refractivity contribution >= 4 is 11.9 Å². The van der Waals surface area contributed by atoms with Crippen molar-refractivity contribution in [2.24, 2.45) is 18.4 Å². The van der Waals surface area contributed by atoms with Gasteiger partial charge in [0.25, 0.3) is 0 Å². The van der Waals surface area contributed by atoms with Gasteiger partial charge in [0.05, 0.1) is 11.4 Å². The van der Waals surface area contributed by atoms with Crippen LogP contribution in [0.2, 0.25) is 0 Å². The Hall–Kier alpha value is -2.64. The smallest absolute Gasteiger partial charge is 0.407 e. The first-order valence-electron chi connectivity index (χ1n) is 9.50. The minimum Gasteiger partial charge on any atom is -0.465 e. The molecule has 0 radical (unpaired) electrons. The van der Waals surface area contributed by atoms with Crippen LogP contribution in [0.5, 0.6) is 0 Å². The van der Waals surface area contributed by atoms with E-state index in [-0.39, 0.29) is 0 Å². The highest BCUT2D eigenvalue weighted by atomic mass is 16.4. The van der Waals surface area contributed by atoms with Gasteiger partial charge in [0.2, 0.25) is 0 Å². The zero-order valence-corrected chi connectivity index (χ0v) is 15.9. The van der Waals surface area contributed by atoms with Gasteiger partial charge in [-0.25, -0.2) is 4.79 Å². The molecule has 1 amide bonds. The average molecular weight is 370 g/mol. The molecule has 1 aliphatic heterocycles. The Morgan fingerprint density at radius 1 is 1.30 bits per heavy atom. The zero-order valence-electron chi connectivity index (χ0n) is 15.9. The molecule has 2 aromatic heterocycles. The molecule has 8 heteroatoms. The van der Waals surface area contributed by atoms with Crippen LogP contribution in [-0.4, -0.2) is 55.7 Å². The topological polar surface area (TPSA) is 96.2 Å². The monoisotopic (exact) mass is 370 g/mol. The van der Waals surface area contributed by atoms with Crippen LogP contribution in [0, 0.1) is 18.3 Å². The van der Waals surface area contributed by atoms with Crippen LogP contribution in [0.25, 0.3) is 11.3 Å². The lowest BCUT2D eigenvalue weighted by Gasteiger charge is -2.52. The van der Waals surface area contributed by atoms with Crippen molar-refractivity contribution in [3.8, 4) is 11.3 Å². The number of piperidine rings is 1. The van der Waals surface area contributed by atoms with Gasteiger partial charge in [-0.05, 0) is 56.1 Å². The fraction of sp³-hybridized carbons (Fsp3) is 0.579. The van der Waals surface area contributed by atoms with E-state index in [2.05, 4.69) is 20.6 Å². The second-order valence-corrected chi connectivity index (χ2v) is 8.03. The quantitative estimate of drug-likeness (QED) is 0.859. The molecule has 0 unspecified atom stereocenters. The Morgan fingerprint density at radius 2 is 2.04 bits per heavy atom. The summed E-state index contributed by atoms with van der Waals surface area (Å²) in [5, 5.41) is 25.4. The first kappa shape index (κ1) is 17.8. The number of aryl methyl sites for hydroxylation is 2. The maximum absolute atomic E-state index is 11.0. The molecule has 0 atom stereocenters. The van der Waals surface area contributed by atoms with Crippen molar-refractivity contribution in [2.75, 3.05) is 25.0 Å². The molecule has 2 N–H and O–H groups in total. The second kappa shape index (κ2) is 6.83. The lowest BCUT2D eigenvalue weighted by Crippen LogP contribution is -2.49. The Morgan fingerprint density at radius 3 is 2.59 bits per heavy atom. The fourth-order valence-corrected chi connectivity index (χ4v) is 4.56.